The van der Waals surface area contributed by atoms with Crippen LogP contribution in [-0.4, -0.2) is 25.1 Å². The minimum atomic E-state index is 0.435. The van der Waals surface area contributed by atoms with E-state index in [9.17, 15) is 0 Å². The van der Waals surface area contributed by atoms with Crippen LogP contribution in [0.15, 0.2) is 12.7 Å². The summed E-state index contributed by atoms with van der Waals surface area (Å²) in [6.45, 7) is 5.98. The molecule has 1 N–H and O–H groups in total. The van der Waals surface area contributed by atoms with Crippen molar-refractivity contribution in [2.75, 3.05) is 14.1 Å². The summed E-state index contributed by atoms with van der Waals surface area (Å²) in [5, 5.41) is 1.97. The molecular formula is C9H20N2. The average Bonchev–Trinajstić information content (AvgIpc) is 1.97. The molecule has 0 amide bonds. The van der Waals surface area contributed by atoms with Crippen LogP contribution in [0.5, 0.6) is 0 Å². The van der Waals surface area contributed by atoms with Crippen molar-refractivity contribution in [2.24, 2.45) is 0 Å². The van der Waals surface area contributed by atoms with E-state index in [-0.39, 0.29) is 0 Å². The first-order valence-corrected chi connectivity index (χ1v) is 4.26. The summed E-state index contributed by atoms with van der Waals surface area (Å²) >= 11 is 0. The molecule has 0 spiro atoms. The second-order valence-corrected chi connectivity index (χ2v) is 3.01. The lowest BCUT2D eigenvalue weighted by Crippen LogP contribution is -2.38. The fourth-order valence-electron chi connectivity index (χ4n) is 0.991. The molecule has 0 aromatic heterocycles. The SMILES string of the molecule is C=CC(CCCC)NN(C)C. The number of hydrogen-bond donors (Lipinski definition) is 1. The zero-order valence-electron chi connectivity index (χ0n) is 7.93. The summed E-state index contributed by atoms with van der Waals surface area (Å²) in [5.41, 5.74) is 3.28. The molecule has 0 rings (SSSR count). The van der Waals surface area contributed by atoms with Crippen molar-refractivity contribution in [3.05, 3.63) is 12.7 Å². The van der Waals surface area contributed by atoms with E-state index in [0.29, 0.717) is 6.04 Å². The Kier molecular flexibility index (Phi) is 6.18. The average molecular weight is 156 g/mol. The van der Waals surface area contributed by atoms with Crippen molar-refractivity contribution < 1.29 is 0 Å². The molecule has 0 fully saturated rings. The van der Waals surface area contributed by atoms with Gasteiger partial charge in [0.2, 0.25) is 0 Å². The molecule has 0 aromatic carbocycles. The Morgan fingerprint density at radius 2 is 2.18 bits per heavy atom. The quantitative estimate of drug-likeness (QED) is 0.466. The molecule has 1 unspecified atom stereocenters. The molecule has 2 heteroatoms. The molecule has 0 heterocycles. The van der Waals surface area contributed by atoms with E-state index in [2.05, 4.69) is 18.9 Å². The maximum Gasteiger partial charge on any atom is 0.0392 e. The Labute approximate surface area is 70.2 Å². The Balaban J connectivity index is 3.49. The van der Waals surface area contributed by atoms with Gasteiger partial charge in [-0.3, -0.25) is 5.01 Å². The van der Waals surface area contributed by atoms with Crippen LogP contribution >= 0.6 is 0 Å². The van der Waals surface area contributed by atoms with Gasteiger partial charge >= 0.3 is 0 Å². The smallest absolute Gasteiger partial charge is 0.0392 e. The Hall–Kier alpha value is -0.340. The molecule has 0 saturated carbocycles. The van der Waals surface area contributed by atoms with Crippen LogP contribution in [0.1, 0.15) is 26.2 Å². The van der Waals surface area contributed by atoms with Gasteiger partial charge in [0, 0.05) is 20.1 Å². The van der Waals surface area contributed by atoms with E-state index in [1.807, 2.05) is 25.2 Å². The number of nitrogens with zero attached hydrogens (tertiary/aromatic N) is 1. The van der Waals surface area contributed by atoms with E-state index >= 15 is 0 Å². The minimum absolute atomic E-state index is 0.435. The second-order valence-electron chi connectivity index (χ2n) is 3.01. The third kappa shape index (κ3) is 6.07. The maximum absolute atomic E-state index is 3.78. The molecule has 66 valence electrons. The highest BCUT2D eigenvalue weighted by atomic mass is 15.5. The van der Waals surface area contributed by atoms with Crippen LogP contribution in [0.25, 0.3) is 0 Å². The van der Waals surface area contributed by atoms with Crippen molar-refractivity contribution in [3.63, 3.8) is 0 Å². The molecule has 0 bridgehead atoms. The van der Waals surface area contributed by atoms with Crippen LogP contribution in [0, 0.1) is 0 Å². The Morgan fingerprint density at radius 1 is 1.55 bits per heavy atom. The Morgan fingerprint density at radius 3 is 2.55 bits per heavy atom. The van der Waals surface area contributed by atoms with Crippen molar-refractivity contribution in [1.82, 2.24) is 10.4 Å². The maximum atomic E-state index is 3.78. The molecular weight excluding hydrogens is 136 g/mol. The molecule has 0 aliphatic heterocycles. The lowest BCUT2D eigenvalue weighted by Gasteiger charge is -2.19. The monoisotopic (exact) mass is 156 g/mol. The van der Waals surface area contributed by atoms with Crippen molar-refractivity contribution >= 4 is 0 Å². The van der Waals surface area contributed by atoms with E-state index in [0.717, 1.165) is 0 Å². The predicted octanol–water partition coefficient (Wildman–Crippen LogP) is 1.80. The summed E-state index contributed by atoms with van der Waals surface area (Å²) in [7, 11) is 4.00. The first kappa shape index (κ1) is 10.7. The summed E-state index contributed by atoms with van der Waals surface area (Å²) in [4.78, 5) is 0. The summed E-state index contributed by atoms with van der Waals surface area (Å²) in [6.07, 6.45) is 5.66. The highest BCUT2D eigenvalue weighted by Crippen LogP contribution is 2.00. The topological polar surface area (TPSA) is 15.3 Å². The molecule has 1 atom stereocenters. The lowest BCUT2D eigenvalue weighted by molar-refractivity contribution is 0.255. The van der Waals surface area contributed by atoms with Gasteiger partial charge in [0.05, 0.1) is 0 Å². The van der Waals surface area contributed by atoms with Gasteiger partial charge in [-0.1, -0.05) is 25.8 Å². The van der Waals surface area contributed by atoms with Crippen LogP contribution < -0.4 is 5.43 Å². The van der Waals surface area contributed by atoms with Crippen molar-refractivity contribution in [1.29, 1.82) is 0 Å². The van der Waals surface area contributed by atoms with Crippen LogP contribution in [0.3, 0.4) is 0 Å². The van der Waals surface area contributed by atoms with E-state index < -0.39 is 0 Å². The second kappa shape index (κ2) is 6.38. The van der Waals surface area contributed by atoms with Gasteiger partial charge in [0.25, 0.3) is 0 Å². The molecule has 0 radical (unpaired) electrons. The molecule has 11 heavy (non-hydrogen) atoms. The van der Waals surface area contributed by atoms with Gasteiger partial charge in [-0.15, -0.1) is 6.58 Å². The summed E-state index contributed by atoms with van der Waals surface area (Å²) in [5.74, 6) is 0. The number of rotatable bonds is 6. The molecule has 0 aliphatic rings. The predicted molar refractivity (Wildman–Crippen MR) is 50.3 cm³/mol. The first-order valence-electron chi connectivity index (χ1n) is 4.26. The number of hydrogen-bond acceptors (Lipinski definition) is 2. The number of nitrogens with one attached hydrogen (secondary N) is 1. The van der Waals surface area contributed by atoms with E-state index in [1.165, 1.54) is 19.3 Å². The lowest BCUT2D eigenvalue weighted by atomic mass is 10.1. The van der Waals surface area contributed by atoms with Crippen molar-refractivity contribution in [3.8, 4) is 0 Å². The largest absolute Gasteiger partial charge is 0.250 e. The standard InChI is InChI=1S/C9H20N2/c1-5-7-8-9(6-2)10-11(3)4/h6,9-10H,2,5,7-8H2,1,3-4H3. The first-order chi connectivity index (χ1) is 5.20. The highest BCUT2D eigenvalue weighted by Gasteiger charge is 2.01. The van der Waals surface area contributed by atoms with Gasteiger partial charge in [0.15, 0.2) is 0 Å². The molecule has 0 aromatic rings. The number of hydrazine groups is 1. The third-order valence-electron chi connectivity index (χ3n) is 1.58. The van der Waals surface area contributed by atoms with E-state index in [1.54, 1.807) is 0 Å². The zero-order chi connectivity index (χ0) is 8.69. The Bertz CT molecular complexity index is 99.7. The third-order valence-corrected chi connectivity index (χ3v) is 1.58. The zero-order valence-corrected chi connectivity index (χ0v) is 7.93. The van der Waals surface area contributed by atoms with Gasteiger partial charge in [-0.25, -0.2) is 5.43 Å². The van der Waals surface area contributed by atoms with Gasteiger partial charge in [-0.2, -0.15) is 0 Å². The highest BCUT2D eigenvalue weighted by molar-refractivity contribution is 4.83. The van der Waals surface area contributed by atoms with Crippen molar-refractivity contribution in [2.45, 2.75) is 32.2 Å². The van der Waals surface area contributed by atoms with Gasteiger partial charge < -0.3 is 0 Å². The normalized spacial score (nSPS) is 13.5. The van der Waals surface area contributed by atoms with Gasteiger partial charge in [-0.05, 0) is 6.42 Å². The molecule has 0 saturated heterocycles. The number of unbranched alkanes of at least 4 members (excludes halogenated alkanes) is 1. The van der Waals surface area contributed by atoms with Crippen LogP contribution in [-0.2, 0) is 0 Å². The van der Waals surface area contributed by atoms with Crippen LogP contribution in [0.2, 0.25) is 0 Å². The fourth-order valence-corrected chi connectivity index (χ4v) is 0.991. The minimum Gasteiger partial charge on any atom is -0.250 e. The van der Waals surface area contributed by atoms with Gasteiger partial charge in [0.1, 0.15) is 0 Å². The molecule has 2 nitrogen and oxygen atoms in total. The van der Waals surface area contributed by atoms with Crippen LogP contribution in [0.4, 0.5) is 0 Å². The van der Waals surface area contributed by atoms with E-state index in [4.69, 9.17) is 0 Å². The summed E-state index contributed by atoms with van der Waals surface area (Å²) < 4.78 is 0. The molecule has 0 aliphatic carbocycles. The fraction of sp³-hybridized carbons (Fsp3) is 0.778. The summed E-state index contributed by atoms with van der Waals surface area (Å²) in [6, 6.07) is 0.435.